The van der Waals surface area contributed by atoms with Crippen LogP contribution in [0.4, 0.5) is 4.79 Å². The van der Waals surface area contributed by atoms with Crippen LogP contribution in [0.1, 0.15) is 66.7 Å². The first-order chi connectivity index (χ1) is 10.3. The number of rotatable bonds is 9. The summed E-state index contributed by atoms with van der Waals surface area (Å²) in [5.74, 6) is 0.445. The SMILES string of the molecule is CCCCN=C(N)NC(CCCC)CNC(=O)OC(C)(C)C. The number of alkyl carbamates (subject to hydrolysis) is 1. The molecule has 0 aromatic carbocycles. The lowest BCUT2D eigenvalue weighted by Gasteiger charge is -2.23. The molecule has 1 atom stereocenters. The summed E-state index contributed by atoms with van der Waals surface area (Å²) in [6.45, 7) is 11.0. The van der Waals surface area contributed by atoms with E-state index in [1.54, 1.807) is 0 Å². The van der Waals surface area contributed by atoms with Gasteiger partial charge in [-0.25, -0.2) is 4.79 Å². The normalized spacial score (nSPS) is 13.6. The average Bonchev–Trinajstić information content (AvgIpc) is 2.40. The lowest BCUT2D eigenvalue weighted by Crippen LogP contribution is -2.47. The van der Waals surface area contributed by atoms with Gasteiger partial charge in [0.2, 0.25) is 0 Å². The zero-order valence-corrected chi connectivity index (χ0v) is 14.9. The van der Waals surface area contributed by atoms with Gasteiger partial charge in [0.15, 0.2) is 5.96 Å². The number of carbonyl (C=O) groups excluding carboxylic acids is 1. The molecule has 0 bridgehead atoms. The molecule has 22 heavy (non-hydrogen) atoms. The second kappa shape index (κ2) is 11.2. The Morgan fingerprint density at radius 1 is 1.23 bits per heavy atom. The third-order valence-corrected chi connectivity index (χ3v) is 2.94. The Labute approximate surface area is 135 Å². The van der Waals surface area contributed by atoms with Crippen molar-refractivity contribution in [2.45, 2.75) is 78.4 Å². The number of nitrogens with two attached hydrogens (primary N) is 1. The first kappa shape index (κ1) is 20.5. The van der Waals surface area contributed by atoms with Crippen LogP contribution in [0.3, 0.4) is 0 Å². The minimum atomic E-state index is -0.489. The summed E-state index contributed by atoms with van der Waals surface area (Å²) in [5, 5.41) is 5.97. The number of carbonyl (C=O) groups is 1. The van der Waals surface area contributed by atoms with Gasteiger partial charge in [0.05, 0.1) is 0 Å². The summed E-state index contributed by atoms with van der Waals surface area (Å²) < 4.78 is 5.24. The molecule has 0 saturated carbocycles. The van der Waals surface area contributed by atoms with Crippen molar-refractivity contribution in [2.75, 3.05) is 13.1 Å². The van der Waals surface area contributed by atoms with Crippen molar-refractivity contribution in [3.63, 3.8) is 0 Å². The van der Waals surface area contributed by atoms with Crippen molar-refractivity contribution >= 4 is 12.1 Å². The van der Waals surface area contributed by atoms with Crippen LogP contribution in [0.15, 0.2) is 4.99 Å². The number of nitrogens with one attached hydrogen (secondary N) is 2. The molecule has 0 spiro atoms. The number of hydrogen-bond donors (Lipinski definition) is 3. The van der Waals surface area contributed by atoms with Crippen LogP contribution in [-0.4, -0.2) is 36.8 Å². The van der Waals surface area contributed by atoms with E-state index < -0.39 is 11.7 Å². The van der Waals surface area contributed by atoms with Gasteiger partial charge in [-0.1, -0.05) is 33.1 Å². The Hall–Kier alpha value is -1.46. The molecular weight excluding hydrogens is 280 g/mol. The highest BCUT2D eigenvalue weighted by molar-refractivity contribution is 5.78. The second-order valence-corrected chi connectivity index (χ2v) is 6.49. The Morgan fingerprint density at radius 2 is 1.86 bits per heavy atom. The van der Waals surface area contributed by atoms with Crippen LogP contribution < -0.4 is 16.4 Å². The van der Waals surface area contributed by atoms with Crippen molar-refractivity contribution < 1.29 is 9.53 Å². The number of hydrogen-bond acceptors (Lipinski definition) is 3. The molecule has 130 valence electrons. The largest absolute Gasteiger partial charge is 0.444 e. The predicted octanol–water partition coefficient (Wildman–Crippen LogP) is 2.77. The molecule has 0 fully saturated rings. The Kier molecular flexibility index (Phi) is 10.4. The van der Waals surface area contributed by atoms with Gasteiger partial charge in [0.25, 0.3) is 0 Å². The second-order valence-electron chi connectivity index (χ2n) is 6.49. The van der Waals surface area contributed by atoms with Crippen LogP contribution in [0.25, 0.3) is 0 Å². The molecule has 0 aromatic rings. The van der Waals surface area contributed by atoms with Gasteiger partial charge < -0.3 is 21.1 Å². The summed E-state index contributed by atoms with van der Waals surface area (Å²) in [7, 11) is 0. The minimum Gasteiger partial charge on any atom is -0.444 e. The zero-order chi connectivity index (χ0) is 17.0. The highest BCUT2D eigenvalue weighted by atomic mass is 16.6. The van der Waals surface area contributed by atoms with Gasteiger partial charge in [0.1, 0.15) is 5.60 Å². The fraction of sp³-hybridized carbons (Fsp3) is 0.875. The van der Waals surface area contributed by atoms with Crippen molar-refractivity contribution in [3.05, 3.63) is 0 Å². The average molecular weight is 314 g/mol. The number of ether oxygens (including phenoxy) is 1. The quantitative estimate of drug-likeness (QED) is 0.347. The van der Waals surface area contributed by atoms with Crippen molar-refractivity contribution in [2.24, 2.45) is 10.7 Å². The standard InChI is InChI=1S/C16H34N4O2/c1-6-8-10-13(20-14(17)18-11-9-7-2)12-19-15(21)22-16(3,4)5/h13H,6-12H2,1-5H3,(H,19,21)(H3,17,18,20). The zero-order valence-electron chi connectivity index (χ0n) is 14.9. The van der Waals surface area contributed by atoms with E-state index in [1.165, 1.54) is 0 Å². The molecule has 0 rings (SSSR count). The van der Waals surface area contributed by atoms with Gasteiger partial charge in [0, 0.05) is 19.1 Å². The summed E-state index contributed by atoms with van der Waals surface area (Å²) in [6, 6.07) is 0.0674. The summed E-state index contributed by atoms with van der Waals surface area (Å²) >= 11 is 0. The van der Waals surface area contributed by atoms with Gasteiger partial charge in [-0.3, -0.25) is 4.99 Å². The molecule has 1 amide bonds. The van der Waals surface area contributed by atoms with E-state index in [4.69, 9.17) is 10.5 Å². The van der Waals surface area contributed by atoms with E-state index in [2.05, 4.69) is 29.5 Å². The van der Waals surface area contributed by atoms with Gasteiger partial charge in [-0.05, 0) is 33.6 Å². The third kappa shape index (κ3) is 12.3. The number of nitrogens with zero attached hydrogens (tertiary/aromatic N) is 1. The number of guanidine groups is 1. The summed E-state index contributed by atoms with van der Waals surface area (Å²) in [6.07, 6.45) is 4.80. The van der Waals surface area contributed by atoms with Gasteiger partial charge in [-0.15, -0.1) is 0 Å². The molecule has 0 aliphatic carbocycles. The fourth-order valence-corrected chi connectivity index (χ4v) is 1.81. The number of aliphatic imine (C=N–C) groups is 1. The Balaban J connectivity index is 4.33. The summed E-state index contributed by atoms with van der Waals surface area (Å²) in [4.78, 5) is 16.0. The van der Waals surface area contributed by atoms with E-state index >= 15 is 0 Å². The first-order valence-corrected chi connectivity index (χ1v) is 8.31. The topological polar surface area (TPSA) is 88.7 Å². The number of amides is 1. The maximum absolute atomic E-state index is 11.7. The lowest BCUT2D eigenvalue weighted by atomic mass is 10.1. The molecule has 6 nitrogen and oxygen atoms in total. The van der Waals surface area contributed by atoms with Crippen molar-refractivity contribution in [3.8, 4) is 0 Å². The lowest BCUT2D eigenvalue weighted by molar-refractivity contribution is 0.0523. The van der Waals surface area contributed by atoms with E-state index in [1.807, 2.05) is 20.8 Å². The molecule has 0 aromatic heterocycles. The van der Waals surface area contributed by atoms with E-state index in [9.17, 15) is 4.79 Å². The van der Waals surface area contributed by atoms with Crippen LogP contribution in [-0.2, 0) is 4.74 Å². The highest BCUT2D eigenvalue weighted by Crippen LogP contribution is 2.06. The summed E-state index contributed by atoms with van der Waals surface area (Å²) in [5.41, 5.74) is 5.40. The number of unbranched alkanes of at least 4 members (excludes halogenated alkanes) is 2. The monoisotopic (exact) mass is 314 g/mol. The molecule has 1 unspecified atom stereocenters. The molecule has 0 radical (unpaired) electrons. The third-order valence-electron chi connectivity index (χ3n) is 2.94. The molecule has 6 heteroatoms. The minimum absolute atomic E-state index is 0.0674. The first-order valence-electron chi connectivity index (χ1n) is 8.31. The van der Waals surface area contributed by atoms with Crippen molar-refractivity contribution in [1.29, 1.82) is 0 Å². The van der Waals surface area contributed by atoms with Crippen LogP contribution in [0.2, 0.25) is 0 Å². The smallest absolute Gasteiger partial charge is 0.407 e. The molecule has 0 aliphatic rings. The van der Waals surface area contributed by atoms with Crippen LogP contribution >= 0.6 is 0 Å². The molecule has 0 aliphatic heterocycles. The van der Waals surface area contributed by atoms with E-state index in [0.717, 1.165) is 38.6 Å². The molecule has 4 N–H and O–H groups in total. The van der Waals surface area contributed by atoms with Crippen LogP contribution in [0, 0.1) is 0 Å². The maximum atomic E-state index is 11.7. The Bertz CT molecular complexity index is 338. The van der Waals surface area contributed by atoms with Crippen molar-refractivity contribution in [1.82, 2.24) is 10.6 Å². The highest BCUT2D eigenvalue weighted by Gasteiger charge is 2.17. The van der Waals surface area contributed by atoms with Gasteiger partial charge >= 0.3 is 6.09 Å². The fourth-order valence-electron chi connectivity index (χ4n) is 1.81. The van der Waals surface area contributed by atoms with Crippen LogP contribution in [0.5, 0.6) is 0 Å². The molecular formula is C16H34N4O2. The molecule has 0 saturated heterocycles. The van der Waals surface area contributed by atoms with E-state index in [-0.39, 0.29) is 6.04 Å². The van der Waals surface area contributed by atoms with E-state index in [0.29, 0.717) is 12.5 Å². The Morgan fingerprint density at radius 3 is 2.41 bits per heavy atom. The van der Waals surface area contributed by atoms with Gasteiger partial charge in [-0.2, -0.15) is 0 Å². The predicted molar refractivity (Wildman–Crippen MR) is 92.1 cm³/mol. The maximum Gasteiger partial charge on any atom is 0.407 e. The molecule has 0 heterocycles.